The Labute approximate surface area is 125 Å². The van der Waals surface area contributed by atoms with Crippen molar-refractivity contribution in [3.8, 4) is 0 Å². The average Bonchev–Trinajstić information content (AvgIpc) is 2.39. The lowest BCUT2D eigenvalue weighted by Gasteiger charge is -2.53. The fourth-order valence-corrected chi connectivity index (χ4v) is 4.48. The highest BCUT2D eigenvalue weighted by Crippen LogP contribution is 2.54. The second-order valence-corrected chi connectivity index (χ2v) is 8.10. The summed E-state index contributed by atoms with van der Waals surface area (Å²) in [4.78, 5) is 23.5. The molecule has 4 atom stereocenters. The van der Waals surface area contributed by atoms with Crippen molar-refractivity contribution in [3.63, 3.8) is 0 Å². The third-order valence-electron chi connectivity index (χ3n) is 5.27. The highest BCUT2D eigenvalue weighted by molar-refractivity contribution is 7.87. The van der Waals surface area contributed by atoms with Crippen molar-refractivity contribution in [2.24, 2.45) is 17.8 Å². The first-order chi connectivity index (χ1) is 10.0. The second kappa shape index (κ2) is 4.70. The minimum atomic E-state index is -5.88. The van der Waals surface area contributed by atoms with Crippen molar-refractivity contribution in [1.29, 1.82) is 0 Å². The van der Waals surface area contributed by atoms with Gasteiger partial charge in [-0.2, -0.15) is 17.2 Å². The van der Waals surface area contributed by atoms with Gasteiger partial charge in [-0.25, -0.2) is 4.79 Å². The molecule has 22 heavy (non-hydrogen) atoms. The molecule has 3 bridgehead atoms. The summed E-state index contributed by atoms with van der Waals surface area (Å²) in [6, 6.07) is 0. The molecule has 9 heteroatoms. The summed E-state index contributed by atoms with van der Waals surface area (Å²) in [5.74, 6) is -2.19. The van der Waals surface area contributed by atoms with Crippen molar-refractivity contribution in [2.45, 2.75) is 49.4 Å². The van der Waals surface area contributed by atoms with Gasteiger partial charge in [0.1, 0.15) is 11.4 Å². The molecule has 3 fully saturated rings. The molecule has 3 saturated carbocycles. The number of rotatable bonds is 3. The summed E-state index contributed by atoms with van der Waals surface area (Å²) in [6.45, 7) is 0. The number of hydrogen-bond acceptors (Lipinski definition) is 5. The number of esters is 1. The van der Waals surface area contributed by atoms with E-state index in [1.165, 1.54) is 0 Å². The smallest absolute Gasteiger partial charge is 0.454 e. The molecule has 0 aliphatic heterocycles. The van der Waals surface area contributed by atoms with Crippen LogP contribution in [0.15, 0.2) is 0 Å². The van der Waals surface area contributed by atoms with Crippen LogP contribution in [0.2, 0.25) is 0 Å². The minimum absolute atomic E-state index is 0.0580. The zero-order valence-corrected chi connectivity index (χ0v) is 12.4. The Morgan fingerprint density at radius 3 is 2.64 bits per heavy atom. The van der Waals surface area contributed by atoms with E-state index in [0.29, 0.717) is 32.1 Å². The van der Waals surface area contributed by atoms with Gasteiger partial charge < -0.3 is 4.74 Å². The molecule has 0 aromatic rings. The Kier molecular flexibility index (Phi) is 3.38. The number of ketones is 1. The zero-order valence-electron chi connectivity index (χ0n) is 11.6. The molecule has 0 heterocycles. The molecule has 1 N–H and O–H groups in total. The molecular weight excluding hydrogens is 322 g/mol. The third-order valence-corrected chi connectivity index (χ3v) is 6.08. The first-order valence-corrected chi connectivity index (χ1v) is 8.59. The van der Waals surface area contributed by atoms with Crippen LogP contribution in [0.4, 0.5) is 8.78 Å². The van der Waals surface area contributed by atoms with Crippen molar-refractivity contribution in [3.05, 3.63) is 0 Å². The minimum Gasteiger partial charge on any atom is -0.454 e. The van der Waals surface area contributed by atoms with Crippen molar-refractivity contribution >= 4 is 21.9 Å². The molecule has 0 aromatic heterocycles. The van der Waals surface area contributed by atoms with Crippen LogP contribution < -0.4 is 0 Å². The first kappa shape index (κ1) is 15.8. The highest BCUT2D eigenvalue weighted by Gasteiger charge is 2.59. The van der Waals surface area contributed by atoms with E-state index in [1.807, 2.05) is 0 Å². The average molecular weight is 338 g/mol. The summed E-state index contributed by atoms with van der Waals surface area (Å²) in [6.07, 6.45) is 2.62. The lowest BCUT2D eigenvalue weighted by molar-refractivity contribution is -0.196. The molecule has 6 nitrogen and oxygen atoms in total. The van der Waals surface area contributed by atoms with Gasteiger partial charge in [-0.1, -0.05) is 0 Å². The number of alkyl halides is 2. The molecule has 0 aromatic carbocycles. The molecule has 0 amide bonds. The van der Waals surface area contributed by atoms with Gasteiger partial charge in [-0.3, -0.25) is 9.35 Å². The van der Waals surface area contributed by atoms with E-state index in [2.05, 4.69) is 0 Å². The number of carbonyl (C=O) groups is 2. The van der Waals surface area contributed by atoms with Crippen LogP contribution >= 0.6 is 0 Å². The van der Waals surface area contributed by atoms with Gasteiger partial charge in [0.15, 0.2) is 0 Å². The van der Waals surface area contributed by atoms with Crippen LogP contribution in [0, 0.1) is 17.8 Å². The predicted octanol–water partition coefficient (Wildman–Crippen LogP) is 1.55. The number of carbonyl (C=O) groups excluding carboxylic acids is 2. The summed E-state index contributed by atoms with van der Waals surface area (Å²) >= 11 is 0. The van der Waals surface area contributed by atoms with E-state index in [1.54, 1.807) is 0 Å². The number of ether oxygens (including phenoxy) is 1. The summed E-state index contributed by atoms with van der Waals surface area (Å²) in [5.41, 5.74) is -1.22. The van der Waals surface area contributed by atoms with Gasteiger partial charge >= 0.3 is 21.3 Å². The van der Waals surface area contributed by atoms with E-state index in [4.69, 9.17) is 9.29 Å². The maximum atomic E-state index is 13.4. The Hall–Kier alpha value is -1.09. The molecule has 3 aliphatic carbocycles. The summed E-state index contributed by atoms with van der Waals surface area (Å²) in [7, 11) is -5.88. The van der Waals surface area contributed by atoms with Gasteiger partial charge in [0, 0.05) is 12.3 Å². The SMILES string of the molecule is O=C1CC2CCC3(OC(=O)C(F)(F)S(=O)(=O)O)CC1CC2C3. The molecule has 124 valence electrons. The summed E-state index contributed by atoms with van der Waals surface area (Å²) in [5, 5.41) is -4.99. The molecule has 0 saturated heterocycles. The topological polar surface area (TPSA) is 97.7 Å². The standard InChI is InChI=1S/C13H16F2O6S/c14-13(15,22(18,19)20)11(17)21-12-2-1-7-4-10(16)9(6-12)3-8(7)5-12/h7-9H,1-6H2,(H,18,19,20). The van der Waals surface area contributed by atoms with E-state index >= 15 is 0 Å². The molecule has 4 unspecified atom stereocenters. The molecule has 3 rings (SSSR count). The van der Waals surface area contributed by atoms with Crippen LogP contribution in [0.3, 0.4) is 0 Å². The Balaban J connectivity index is 1.83. The molecule has 3 aliphatic rings. The lowest BCUT2D eigenvalue weighted by atomic mass is 9.55. The van der Waals surface area contributed by atoms with Crippen LogP contribution in [0.25, 0.3) is 0 Å². The van der Waals surface area contributed by atoms with Crippen LogP contribution in [-0.4, -0.2) is 35.6 Å². The van der Waals surface area contributed by atoms with Crippen molar-refractivity contribution < 1.29 is 36.1 Å². The van der Waals surface area contributed by atoms with Gasteiger partial charge in [0.25, 0.3) is 0 Å². The first-order valence-electron chi connectivity index (χ1n) is 7.15. The quantitative estimate of drug-likeness (QED) is 0.619. The van der Waals surface area contributed by atoms with Crippen molar-refractivity contribution in [2.75, 3.05) is 0 Å². The largest absolute Gasteiger partial charge is 0.465 e. The second-order valence-electron chi connectivity index (χ2n) is 6.63. The fraction of sp³-hybridized carbons (Fsp3) is 0.846. The van der Waals surface area contributed by atoms with Gasteiger partial charge in [0.2, 0.25) is 0 Å². The molecule has 0 radical (unpaired) electrons. The number of halogens is 2. The van der Waals surface area contributed by atoms with Gasteiger partial charge in [-0.15, -0.1) is 0 Å². The monoisotopic (exact) mass is 338 g/mol. The normalized spacial score (nSPS) is 38.0. The van der Waals surface area contributed by atoms with E-state index in [9.17, 15) is 26.8 Å². The van der Waals surface area contributed by atoms with E-state index in [0.717, 1.165) is 0 Å². The number of Topliss-reactive ketones (excluding diaryl/α,β-unsaturated/α-hetero) is 1. The Morgan fingerprint density at radius 2 is 2.00 bits per heavy atom. The number of hydrogen-bond donors (Lipinski definition) is 1. The third kappa shape index (κ3) is 2.34. The molecule has 0 spiro atoms. The zero-order chi connectivity index (χ0) is 16.3. The fourth-order valence-electron chi connectivity index (χ4n) is 4.22. The van der Waals surface area contributed by atoms with Crippen LogP contribution in [0.5, 0.6) is 0 Å². The van der Waals surface area contributed by atoms with E-state index < -0.39 is 26.9 Å². The highest BCUT2D eigenvalue weighted by atomic mass is 32.2. The van der Waals surface area contributed by atoms with Crippen LogP contribution in [-0.2, 0) is 24.4 Å². The Bertz CT molecular complexity index is 630. The van der Waals surface area contributed by atoms with Crippen molar-refractivity contribution in [1.82, 2.24) is 0 Å². The number of fused-ring (bicyclic) bond motifs is 2. The molecular formula is C13H16F2O6S. The predicted molar refractivity (Wildman–Crippen MR) is 68.5 cm³/mol. The maximum absolute atomic E-state index is 13.4. The van der Waals surface area contributed by atoms with Gasteiger partial charge in [-0.05, 0) is 43.9 Å². The van der Waals surface area contributed by atoms with Gasteiger partial charge in [0.05, 0.1) is 0 Å². The maximum Gasteiger partial charge on any atom is 0.465 e. The Morgan fingerprint density at radius 1 is 1.32 bits per heavy atom. The summed E-state index contributed by atoms with van der Waals surface area (Å²) < 4.78 is 61.4. The lowest BCUT2D eigenvalue weighted by Crippen LogP contribution is -2.55. The van der Waals surface area contributed by atoms with Crippen LogP contribution in [0.1, 0.15) is 38.5 Å². The van der Waals surface area contributed by atoms with E-state index in [-0.39, 0.29) is 30.0 Å².